The van der Waals surface area contributed by atoms with Crippen LogP contribution in [0.2, 0.25) is 0 Å². The van der Waals surface area contributed by atoms with Gasteiger partial charge in [-0.05, 0) is 62.7 Å². The van der Waals surface area contributed by atoms with Crippen LogP contribution in [0.25, 0.3) is 0 Å². The summed E-state index contributed by atoms with van der Waals surface area (Å²) in [5.41, 5.74) is 0.0227. The fraction of sp³-hybridized carbons (Fsp3) is 0.789. The molecule has 1 aromatic rings. The van der Waals surface area contributed by atoms with E-state index in [4.69, 9.17) is 0 Å². The fourth-order valence-electron chi connectivity index (χ4n) is 5.92. The third kappa shape index (κ3) is 3.12. The number of nitro groups is 1. The first-order valence-corrected chi connectivity index (χ1v) is 9.98. The van der Waals surface area contributed by atoms with Gasteiger partial charge in [0.2, 0.25) is 11.6 Å². The van der Waals surface area contributed by atoms with Crippen molar-refractivity contribution >= 4 is 17.3 Å². The molecule has 1 N–H and O–H groups in total. The Morgan fingerprint density at radius 2 is 1.85 bits per heavy atom. The van der Waals surface area contributed by atoms with E-state index in [1.807, 2.05) is 11.9 Å². The van der Waals surface area contributed by atoms with Crippen LogP contribution in [0.5, 0.6) is 0 Å². The monoisotopic (exact) mass is 359 g/mol. The highest BCUT2D eigenvalue weighted by Crippen LogP contribution is 2.57. The number of nitrogens with zero attached hydrogens (tertiary/aromatic N) is 4. The molecule has 4 aliphatic carbocycles. The number of hydrogen-bond donors (Lipinski definition) is 1. The molecule has 7 heteroatoms. The molecule has 4 bridgehead atoms. The van der Waals surface area contributed by atoms with Crippen molar-refractivity contribution in [2.24, 2.45) is 17.8 Å². The van der Waals surface area contributed by atoms with Crippen molar-refractivity contribution in [1.29, 1.82) is 0 Å². The molecular formula is C19H29N5O2. The average Bonchev–Trinajstić information content (AvgIpc) is 2.57. The summed E-state index contributed by atoms with van der Waals surface area (Å²) in [6, 6.07) is 0. The van der Waals surface area contributed by atoms with Crippen molar-refractivity contribution in [2.75, 3.05) is 23.8 Å². The highest BCUT2D eigenvalue weighted by Gasteiger charge is 2.51. The van der Waals surface area contributed by atoms with E-state index in [2.05, 4.69) is 22.2 Å². The largest absolute Gasteiger partial charge is 0.359 e. The van der Waals surface area contributed by atoms with Crippen LogP contribution in [0.1, 0.15) is 58.3 Å². The van der Waals surface area contributed by atoms with Crippen LogP contribution in [-0.2, 0) is 0 Å². The smallest absolute Gasteiger partial charge is 0.353 e. The summed E-state index contributed by atoms with van der Waals surface area (Å²) < 4.78 is 0. The van der Waals surface area contributed by atoms with Crippen molar-refractivity contribution in [3.05, 3.63) is 16.4 Å². The van der Waals surface area contributed by atoms with E-state index in [0.717, 1.165) is 56.4 Å². The lowest BCUT2D eigenvalue weighted by molar-refractivity contribution is -0.383. The van der Waals surface area contributed by atoms with Gasteiger partial charge in [0.1, 0.15) is 6.33 Å². The van der Waals surface area contributed by atoms with Gasteiger partial charge in [0.05, 0.1) is 4.92 Å². The van der Waals surface area contributed by atoms with Gasteiger partial charge in [-0.25, -0.2) is 9.97 Å². The van der Waals surface area contributed by atoms with Crippen LogP contribution in [0, 0.1) is 27.9 Å². The molecule has 5 rings (SSSR count). The standard InChI is InChI=1S/C19H29N5O2/c1-3-4-5-23(2)18-16(24(25)26)17(20-12-21-18)22-19-9-13-6-14(10-19)8-15(7-13)11-19/h12-15H,3-11H2,1-2H3,(H,20,21,22). The van der Waals surface area contributed by atoms with Gasteiger partial charge >= 0.3 is 5.69 Å². The quantitative estimate of drug-likeness (QED) is 0.585. The van der Waals surface area contributed by atoms with E-state index in [1.165, 1.54) is 25.6 Å². The second-order valence-electron chi connectivity index (χ2n) is 8.75. The van der Waals surface area contributed by atoms with Crippen LogP contribution < -0.4 is 10.2 Å². The predicted molar refractivity (Wildman–Crippen MR) is 101 cm³/mol. The van der Waals surface area contributed by atoms with Crippen molar-refractivity contribution in [3.8, 4) is 0 Å². The molecule has 4 saturated carbocycles. The fourth-order valence-corrected chi connectivity index (χ4v) is 5.92. The maximum atomic E-state index is 11.9. The lowest BCUT2D eigenvalue weighted by atomic mass is 9.53. The van der Waals surface area contributed by atoms with Gasteiger partial charge in [-0.2, -0.15) is 0 Å². The summed E-state index contributed by atoms with van der Waals surface area (Å²) in [6.45, 7) is 2.87. The molecule has 142 valence electrons. The molecule has 4 fully saturated rings. The van der Waals surface area contributed by atoms with Crippen molar-refractivity contribution in [2.45, 2.75) is 63.8 Å². The van der Waals surface area contributed by atoms with Gasteiger partial charge in [0, 0.05) is 19.1 Å². The third-order valence-corrected chi connectivity index (χ3v) is 6.62. The second-order valence-corrected chi connectivity index (χ2v) is 8.75. The van der Waals surface area contributed by atoms with Crippen molar-refractivity contribution in [3.63, 3.8) is 0 Å². The Morgan fingerprint density at radius 3 is 2.38 bits per heavy atom. The van der Waals surface area contributed by atoms with Crippen LogP contribution >= 0.6 is 0 Å². The number of anilines is 2. The van der Waals surface area contributed by atoms with Crippen molar-refractivity contribution in [1.82, 2.24) is 9.97 Å². The zero-order valence-corrected chi connectivity index (χ0v) is 15.8. The maximum absolute atomic E-state index is 11.9. The molecule has 0 radical (unpaired) electrons. The number of nitrogens with one attached hydrogen (secondary N) is 1. The minimum Gasteiger partial charge on any atom is -0.359 e. The van der Waals surface area contributed by atoms with Gasteiger partial charge < -0.3 is 10.2 Å². The predicted octanol–water partition coefficient (Wildman–Crippen LogP) is 4.00. The molecule has 1 aromatic heterocycles. The molecule has 0 amide bonds. The Bertz CT molecular complexity index is 657. The topological polar surface area (TPSA) is 84.2 Å². The Labute approximate surface area is 154 Å². The van der Waals surface area contributed by atoms with Gasteiger partial charge in [-0.1, -0.05) is 13.3 Å². The molecule has 26 heavy (non-hydrogen) atoms. The summed E-state index contributed by atoms with van der Waals surface area (Å²) in [6.07, 6.45) is 10.9. The summed E-state index contributed by atoms with van der Waals surface area (Å²) in [7, 11) is 1.87. The molecule has 0 spiro atoms. The zero-order valence-electron chi connectivity index (χ0n) is 15.8. The van der Waals surface area contributed by atoms with Crippen LogP contribution in [-0.4, -0.2) is 34.0 Å². The molecule has 0 aromatic carbocycles. The van der Waals surface area contributed by atoms with Crippen LogP contribution in [0.4, 0.5) is 17.3 Å². The molecule has 0 aliphatic heterocycles. The average molecular weight is 359 g/mol. The van der Waals surface area contributed by atoms with E-state index in [1.54, 1.807) is 0 Å². The Balaban J connectivity index is 1.63. The van der Waals surface area contributed by atoms with E-state index in [9.17, 15) is 10.1 Å². The van der Waals surface area contributed by atoms with Crippen LogP contribution in [0.3, 0.4) is 0 Å². The van der Waals surface area contributed by atoms with Gasteiger partial charge in [0.25, 0.3) is 0 Å². The van der Waals surface area contributed by atoms with E-state index >= 15 is 0 Å². The molecule has 0 atom stereocenters. The molecule has 7 nitrogen and oxygen atoms in total. The van der Waals surface area contributed by atoms with Crippen molar-refractivity contribution < 1.29 is 4.92 Å². The van der Waals surface area contributed by atoms with Gasteiger partial charge in [0.15, 0.2) is 0 Å². The minimum atomic E-state index is -0.319. The number of unbranched alkanes of at least 4 members (excludes halogenated alkanes) is 1. The molecule has 0 saturated heterocycles. The van der Waals surface area contributed by atoms with E-state index in [-0.39, 0.29) is 16.1 Å². The minimum absolute atomic E-state index is 0.00682. The SMILES string of the molecule is CCCCN(C)c1ncnc(NC23CC4CC(CC(C4)C2)C3)c1[N+](=O)[O-]. The summed E-state index contributed by atoms with van der Waals surface area (Å²) >= 11 is 0. The molecule has 0 unspecified atom stereocenters. The Hall–Kier alpha value is -1.92. The van der Waals surface area contributed by atoms with Gasteiger partial charge in [-0.3, -0.25) is 10.1 Å². The first-order chi connectivity index (χ1) is 12.5. The summed E-state index contributed by atoms with van der Waals surface area (Å²) in [5.74, 6) is 3.17. The number of hydrogen-bond acceptors (Lipinski definition) is 6. The second kappa shape index (κ2) is 6.67. The van der Waals surface area contributed by atoms with Crippen LogP contribution in [0.15, 0.2) is 6.33 Å². The molecule has 4 aliphatic rings. The molecule has 1 heterocycles. The Morgan fingerprint density at radius 1 is 1.23 bits per heavy atom. The normalized spacial score (nSPS) is 31.8. The third-order valence-electron chi connectivity index (χ3n) is 6.62. The first kappa shape index (κ1) is 17.5. The maximum Gasteiger partial charge on any atom is 0.353 e. The first-order valence-electron chi connectivity index (χ1n) is 9.98. The molecular weight excluding hydrogens is 330 g/mol. The van der Waals surface area contributed by atoms with Gasteiger partial charge in [-0.15, -0.1) is 0 Å². The highest BCUT2D eigenvalue weighted by atomic mass is 16.6. The van der Waals surface area contributed by atoms with E-state index < -0.39 is 0 Å². The summed E-state index contributed by atoms with van der Waals surface area (Å²) in [5, 5.41) is 15.4. The zero-order chi connectivity index (χ0) is 18.3. The lowest BCUT2D eigenvalue weighted by Crippen LogP contribution is -2.55. The number of rotatable bonds is 7. The summed E-state index contributed by atoms with van der Waals surface area (Å²) in [4.78, 5) is 22.0. The Kier molecular flexibility index (Phi) is 4.49. The highest BCUT2D eigenvalue weighted by molar-refractivity contribution is 5.70. The lowest BCUT2D eigenvalue weighted by Gasteiger charge is -2.57. The van der Waals surface area contributed by atoms with E-state index in [0.29, 0.717) is 11.6 Å². The number of aromatic nitrogens is 2.